The number of aliphatic carboxylic acids is 1. The van der Waals surface area contributed by atoms with Crippen LogP contribution in [0.1, 0.15) is 44.1 Å². The number of ketones is 1. The van der Waals surface area contributed by atoms with Gasteiger partial charge in [0.1, 0.15) is 18.1 Å². The summed E-state index contributed by atoms with van der Waals surface area (Å²) in [7, 11) is 0. The Labute approximate surface area is 253 Å². The number of aliphatic imine (C=N–C) groups is 1. The third-order valence-electron chi connectivity index (χ3n) is 8.62. The lowest BCUT2D eigenvalue weighted by atomic mass is 9.55. The van der Waals surface area contributed by atoms with Crippen LogP contribution in [0.2, 0.25) is 0 Å². The molecule has 4 rings (SSSR count). The number of carbonyl (C=O) groups is 6. The Morgan fingerprint density at radius 3 is 2.30 bits per heavy atom. The summed E-state index contributed by atoms with van der Waals surface area (Å²) in [5.41, 5.74) is 13.6. The van der Waals surface area contributed by atoms with Crippen LogP contribution in [-0.2, 0) is 34.3 Å². The molecule has 16 nitrogen and oxygen atoms in total. The van der Waals surface area contributed by atoms with Gasteiger partial charge in [0.25, 0.3) is 0 Å². The molecule has 1 aromatic carbocycles. The van der Waals surface area contributed by atoms with E-state index in [0.29, 0.717) is 24.9 Å². The molecule has 3 fully saturated rings. The predicted molar refractivity (Wildman–Crippen MR) is 156 cm³/mol. The minimum absolute atomic E-state index is 0.132. The minimum Gasteiger partial charge on any atom is -0.481 e. The van der Waals surface area contributed by atoms with Gasteiger partial charge in [0.15, 0.2) is 11.7 Å². The van der Waals surface area contributed by atoms with Gasteiger partial charge < -0.3 is 43.6 Å². The first-order valence-corrected chi connectivity index (χ1v) is 14.5. The fourth-order valence-electron chi connectivity index (χ4n) is 6.61. The summed E-state index contributed by atoms with van der Waals surface area (Å²) in [5.74, 6) is -4.93. The van der Waals surface area contributed by atoms with Gasteiger partial charge in [0.05, 0.1) is 30.0 Å². The Bertz CT molecular complexity index is 1340. The highest BCUT2D eigenvalue weighted by molar-refractivity contribution is 6.02. The molecular weight excluding hydrogens is 574 g/mol. The third-order valence-corrected chi connectivity index (χ3v) is 8.62. The summed E-state index contributed by atoms with van der Waals surface area (Å²) in [4.78, 5) is 85.0. The number of benzene rings is 1. The van der Waals surface area contributed by atoms with E-state index in [0.717, 1.165) is 0 Å². The maximum atomic E-state index is 14.5. The number of Topliss-reactive ketones (excluding diaryl/α,β-unsaturated/α-hetero) is 1. The van der Waals surface area contributed by atoms with Crippen molar-refractivity contribution in [1.82, 2.24) is 26.6 Å². The number of rotatable bonds is 10. The molecule has 6 atom stereocenters. The van der Waals surface area contributed by atoms with Crippen LogP contribution in [0.3, 0.4) is 0 Å². The number of amides is 4. The number of carboxylic acid groups (broad SMARTS) is 1. The van der Waals surface area contributed by atoms with Crippen LogP contribution < -0.4 is 43.8 Å². The van der Waals surface area contributed by atoms with Crippen LogP contribution in [-0.4, -0.2) is 90.2 Å². The number of hydrogen-bond donors (Lipinski definition) is 9. The van der Waals surface area contributed by atoms with Gasteiger partial charge >= 0.3 is 5.97 Å². The van der Waals surface area contributed by atoms with Crippen molar-refractivity contribution in [2.75, 3.05) is 19.6 Å². The first kappa shape index (κ1) is 32.3. The van der Waals surface area contributed by atoms with Crippen LogP contribution in [0.25, 0.3) is 0 Å². The van der Waals surface area contributed by atoms with Gasteiger partial charge in [-0.05, 0) is 44.2 Å². The van der Waals surface area contributed by atoms with Gasteiger partial charge in [-0.3, -0.25) is 39.1 Å². The summed E-state index contributed by atoms with van der Waals surface area (Å²) in [6.45, 7) is -0.250. The summed E-state index contributed by atoms with van der Waals surface area (Å²) in [6, 6.07) is 3.09. The number of unbranched alkanes of at least 4 members (excludes halogenated alkanes) is 1. The monoisotopic (exact) mass is 613 g/mol. The highest BCUT2D eigenvalue weighted by atomic mass is 16.4. The van der Waals surface area contributed by atoms with Crippen LogP contribution >= 0.6 is 0 Å². The molecule has 44 heavy (non-hydrogen) atoms. The molecule has 0 saturated carbocycles. The van der Waals surface area contributed by atoms with Gasteiger partial charge in [-0.1, -0.05) is 30.3 Å². The fraction of sp³-hybridized carbons (Fsp3) is 0.536. The lowest BCUT2D eigenvalue weighted by molar-refractivity contribution is -0.154. The molecule has 0 radical (unpaired) electrons. The smallest absolute Gasteiger partial charge is 0.305 e. The van der Waals surface area contributed by atoms with Gasteiger partial charge in [-0.25, -0.2) is 0 Å². The minimum atomic E-state index is -1.84. The Kier molecular flexibility index (Phi) is 9.84. The fourth-order valence-corrected chi connectivity index (χ4v) is 6.61. The molecule has 3 saturated heterocycles. The number of nitrogens with two attached hydrogens (primary N) is 3. The summed E-state index contributed by atoms with van der Waals surface area (Å²) >= 11 is 0. The van der Waals surface area contributed by atoms with E-state index in [1.807, 2.05) is 0 Å². The lowest BCUT2D eigenvalue weighted by Gasteiger charge is -2.57. The average molecular weight is 614 g/mol. The van der Waals surface area contributed by atoms with Crippen molar-refractivity contribution < 1.29 is 33.9 Å². The number of nitrogens with zero attached hydrogens (tertiary/aromatic N) is 1. The van der Waals surface area contributed by atoms with Crippen molar-refractivity contribution in [3.63, 3.8) is 0 Å². The lowest BCUT2D eigenvalue weighted by Crippen LogP contribution is -2.80. The number of nitrogens with one attached hydrogen (secondary N) is 5. The second kappa shape index (κ2) is 13.4. The Hall–Kier alpha value is -4.57. The van der Waals surface area contributed by atoms with E-state index < -0.39 is 83.5 Å². The van der Waals surface area contributed by atoms with E-state index in [4.69, 9.17) is 17.2 Å². The molecule has 4 amide bonds. The largest absolute Gasteiger partial charge is 0.481 e. The quantitative estimate of drug-likeness (QED) is 0.0715. The van der Waals surface area contributed by atoms with Crippen molar-refractivity contribution in [2.45, 2.75) is 68.2 Å². The molecule has 0 aromatic heterocycles. The van der Waals surface area contributed by atoms with Crippen molar-refractivity contribution in [3.05, 3.63) is 35.9 Å². The van der Waals surface area contributed by atoms with Crippen molar-refractivity contribution in [2.24, 2.45) is 27.6 Å². The second-order valence-corrected chi connectivity index (χ2v) is 11.3. The Morgan fingerprint density at radius 1 is 0.932 bits per heavy atom. The van der Waals surface area contributed by atoms with E-state index in [-0.39, 0.29) is 31.8 Å². The second-order valence-electron chi connectivity index (χ2n) is 11.3. The van der Waals surface area contributed by atoms with Crippen LogP contribution in [0.5, 0.6) is 0 Å². The van der Waals surface area contributed by atoms with Crippen LogP contribution in [0.4, 0.5) is 0 Å². The molecule has 238 valence electrons. The summed E-state index contributed by atoms with van der Waals surface area (Å²) in [5, 5.41) is 23.5. The molecule has 16 heteroatoms. The van der Waals surface area contributed by atoms with Gasteiger partial charge in [-0.15, -0.1) is 0 Å². The molecule has 12 N–H and O–H groups in total. The molecular formula is C28H39N9O7. The molecule has 0 spiro atoms. The summed E-state index contributed by atoms with van der Waals surface area (Å²) in [6.07, 6.45) is 0.0926. The molecule has 3 heterocycles. The van der Waals surface area contributed by atoms with Gasteiger partial charge in [-0.2, -0.15) is 0 Å². The van der Waals surface area contributed by atoms with E-state index in [1.54, 1.807) is 30.3 Å². The number of carbonyl (C=O) groups excluding carboxylic acids is 5. The Balaban J connectivity index is 2.03. The predicted octanol–water partition coefficient (Wildman–Crippen LogP) is -3.34. The number of carboxylic acids is 1. The van der Waals surface area contributed by atoms with E-state index in [1.165, 1.54) is 0 Å². The molecule has 2 bridgehead atoms. The molecule has 3 aliphatic rings. The number of guanidine groups is 1. The van der Waals surface area contributed by atoms with Crippen LogP contribution in [0.15, 0.2) is 35.3 Å². The molecule has 3 aliphatic heterocycles. The van der Waals surface area contributed by atoms with E-state index >= 15 is 0 Å². The summed E-state index contributed by atoms with van der Waals surface area (Å²) < 4.78 is 0. The molecule has 0 aliphatic carbocycles. The zero-order valence-electron chi connectivity index (χ0n) is 24.1. The highest BCUT2D eigenvalue weighted by Gasteiger charge is 2.67. The number of fused-ring (bicyclic) bond motifs is 4. The maximum absolute atomic E-state index is 14.5. The van der Waals surface area contributed by atoms with Crippen molar-refractivity contribution >= 4 is 41.3 Å². The number of piperazine rings is 1. The van der Waals surface area contributed by atoms with E-state index in [2.05, 4.69) is 31.6 Å². The van der Waals surface area contributed by atoms with Gasteiger partial charge in [0, 0.05) is 6.54 Å². The van der Waals surface area contributed by atoms with Crippen molar-refractivity contribution in [1.29, 1.82) is 0 Å². The topological polar surface area (TPSA) is 273 Å². The molecule has 1 aromatic rings. The van der Waals surface area contributed by atoms with Gasteiger partial charge in [0.2, 0.25) is 23.6 Å². The first-order chi connectivity index (χ1) is 20.9. The van der Waals surface area contributed by atoms with E-state index in [9.17, 15) is 33.9 Å². The van der Waals surface area contributed by atoms with Crippen LogP contribution in [0, 0.1) is 5.41 Å². The van der Waals surface area contributed by atoms with Crippen molar-refractivity contribution in [3.8, 4) is 0 Å². The Morgan fingerprint density at radius 2 is 1.64 bits per heavy atom. The zero-order chi connectivity index (χ0) is 32.1. The third kappa shape index (κ3) is 6.21. The highest BCUT2D eigenvalue weighted by Crippen LogP contribution is 2.52. The average Bonchev–Trinajstić information content (AvgIpc) is 3.09. The normalized spacial score (nSPS) is 30.4. The SMILES string of the molecule is NCCCCC1NC(=O)C2NC(=O)C(CC(=O)O)N[C@@]2(c2ccccc2)C2(CCN=C(N)N)C[C@H](NC1=O)C(=O)NCC2=O. The first-order valence-electron chi connectivity index (χ1n) is 14.5. The molecule has 4 unspecified atom stereocenters. The zero-order valence-corrected chi connectivity index (χ0v) is 24.1. The standard InChI is InChI=1S/C28H39N9O7/c29-10-5-4-8-16-23(42)35-18-13-27(9-11-32-26(30)31,19(38)14-33-22(18)41)28(15-6-2-1-3-7-15)21(25(44)34-16)36-24(43)17(37-28)12-20(39)40/h1-3,6-7,16-18,21,37H,4-5,8-14,29H2,(H,33,41)(H,34,44)(H,35,42)(H,36,43)(H,39,40)(H4,30,31,32)/t16?,17?,18-,21?,27?,28+/m0/s1. The number of hydrogen-bond acceptors (Lipinski definition) is 9. The maximum Gasteiger partial charge on any atom is 0.305 e.